The Balaban J connectivity index is 2.27. The minimum Gasteiger partial charge on any atom is -0.356 e. The summed E-state index contributed by atoms with van der Waals surface area (Å²) in [7, 11) is 0. The van der Waals surface area contributed by atoms with Crippen molar-refractivity contribution in [3.05, 3.63) is 30.5 Å². The van der Waals surface area contributed by atoms with Crippen LogP contribution in [-0.2, 0) is 0 Å². The van der Waals surface area contributed by atoms with Crippen LogP contribution in [0.2, 0.25) is 0 Å². The van der Waals surface area contributed by atoms with Crippen LogP contribution in [0.1, 0.15) is 26.7 Å². The molecule has 0 aliphatic rings. The molecule has 2 rings (SSSR count). The molecule has 0 bridgehead atoms. The van der Waals surface area contributed by atoms with Crippen LogP contribution in [0, 0.1) is 0 Å². The molecule has 0 saturated heterocycles. The second-order valence-electron chi connectivity index (χ2n) is 4.15. The molecule has 0 spiro atoms. The van der Waals surface area contributed by atoms with E-state index in [0.717, 1.165) is 29.9 Å². The summed E-state index contributed by atoms with van der Waals surface area (Å²) in [5, 5.41) is 0. The van der Waals surface area contributed by atoms with E-state index in [1.807, 2.05) is 30.5 Å². The fourth-order valence-electron chi connectivity index (χ4n) is 1.88. The monoisotopic (exact) mass is 229 g/mol. The number of hydrogen-bond acceptors (Lipinski definition) is 3. The highest BCUT2D eigenvalue weighted by Gasteiger charge is 2.06. The molecule has 0 saturated carbocycles. The molecule has 0 unspecified atom stereocenters. The van der Waals surface area contributed by atoms with E-state index >= 15 is 0 Å². The van der Waals surface area contributed by atoms with Gasteiger partial charge in [-0.15, -0.1) is 0 Å². The molecule has 0 fully saturated rings. The molecule has 0 aliphatic heterocycles. The Kier molecular flexibility index (Phi) is 3.91. The number of para-hydroxylation sites is 2. The summed E-state index contributed by atoms with van der Waals surface area (Å²) in [5.74, 6) is 0.986. The molecule has 90 valence electrons. The molecule has 2 aromatic rings. The zero-order valence-electron chi connectivity index (χ0n) is 10.6. The Hall–Kier alpha value is -1.64. The predicted molar refractivity (Wildman–Crippen MR) is 72.3 cm³/mol. The highest BCUT2D eigenvalue weighted by atomic mass is 15.2. The molecule has 0 atom stereocenters. The van der Waals surface area contributed by atoms with Crippen molar-refractivity contribution in [2.24, 2.45) is 0 Å². The van der Waals surface area contributed by atoms with E-state index in [9.17, 15) is 0 Å². The van der Waals surface area contributed by atoms with E-state index in [-0.39, 0.29) is 0 Å². The maximum absolute atomic E-state index is 4.66. The van der Waals surface area contributed by atoms with Gasteiger partial charge in [0.15, 0.2) is 0 Å². The minimum atomic E-state index is 0.961. The lowest BCUT2D eigenvalue weighted by Gasteiger charge is -2.21. The summed E-state index contributed by atoms with van der Waals surface area (Å²) >= 11 is 0. The first-order valence-corrected chi connectivity index (χ1v) is 6.32. The van der Waals surface area contributed by atoms with E-state index in [1.165, 1.54) is 12.8 Å². The van der Waals surface area contributed by atoms with Gasteiger partial charge in [0.1, 0.15) is 5.82 Å². The summed E-state index contributed by atoms with van der Waals surface area (Å²) in [6.45, 7) is 6.40. The number of unbranched alkanes of at least 4 members (excludes halogenated alkanes) is 1. The smallest absolute Gasteiger partial charge is 0.147 e. The molecule has 1 heterocycles. The van der Waals surface area contributed by atoms with Gasteiger partial charge in [0, 0.05) is 13.1 Å². The SMILES string of the molecule is CCCCN(CC)c1cnc2ccccc2n1. The third-order valence-electron chi connectivity index (χ3n) is 2.92. The largest absolute Gasteiger partial charge is 0.356 e. The number of aromatic nitrogens is 2. The van der Waals surface area contributed by atoms with E-state index in [0.29, 0.717) is 0 Å². The molecule has 0 aliphatic carbocycles. The summed E-state index contributed by atoms with van der Waals surface area (Å²) in [4.78, 5) is 11.4. The molecular formula is C14H19N3. The second kappa shape index (κ2) is 5.62. The van der Waals surface area contributed by atoms with Crippen molar-refractivity contribution in [1.29, 1.82) is 0 Å². The summed E-state index contributed by atoms with van der Waals surface area (Å²) < 4.78 is 0. The van der Waals surface area contributed by atoms with Crippen molar-refractivity contribution in [3.8, 4) is 0 Å². The first-order valence-electron chi connectivity index (χ1n) is 6.32. The molecule has 0 amide bonds. The average Bonchev–Trinajstić information content (AvgIpc) is 2.39. The standard InChI is InChI=1S/C14H19N3/c1-3-5-10-17(4-2)14-11-15-12-8-6-7-9-13(12)16-14/h6-9,11H,3-5,10H2,1-2H3. The normalized spacial score (nSPS) is 10.7. The van der Waals surface area contributed by atoms with Gasteiger partial charge in [-0.05, 0) is 25.5 Å². The second-order valence-corrected chi connectivity index (χ2v) is 4.15. The van der Waals surface area contributed by atoms with Gasteiger partial charge < -0.3 is 4.90 Å². The Morgan fingerprint density at radius 2 is 1.88 bits per heavy atom. The van der Waals surface area contributed by atoms with Crippen molar-refractivity contribution in [2.75, 3.05) is 18.0 Å². The van der Waals surface area contributed by atoms with Crippen molar-refractivity contribution < 1.29 is 0 Å². The molecule has 0 N–H and O–H groups in total. The zero-order chi connectivity index (χ0) is 12.1. The molecule has 1 aromatic carbocycles. The van der Waals surface area contributed by atoms with Gasteiger partial charge >= 0.3 is 0 Å². The lowest BCUT2D eigenvalue weighted by atomic mass is 10.3. The van der Waals surface area contributed by atoms with Crippen LogP contribution in [-0.4, -0.2) is 23.1 Å². The number of anilines is 1. The fraction of sp³-hybridized carbons (Fsp3) is 0.429. The van der Waals surface area contributed by atoms with Crippen LogP contribution < -0.4 is 4.90 Å². The van der Waals surface area contributed by atoms with Crippen molar-refractivity contribution in [1.82, 2.24) is 9.97 Å². The fourth-order valence-corrected chi connectivity index (χ4v) is 1.88. The summed E-state index contributed by atoms with van der Waals surface area (Å²) in [6.07, 6.45) is 4.28. The summed E-state index contributed by atoms with van der Waals surface area (Å²) in [6, 6.07) is 8.00. The van der Waals surface area contributed by atoms with Crippen molar-refractivity contribution in [2.45, 2.75) is 26.7 Å². The van der Waals surface area contributed by atoms with Gasteiger partial charge in [-0.1, -0.05) is 25.5 Å². The van der Waals surface area contributed by atoms with Crippen molar-refractivity contribution >= 4 is 16.9 Å². The zero-order valence-corrected chi connectivity index (χ0v) is 10.6. The van der Waals surface area contributed by atoms with E-state index in [1.54, 1.807) is 0 Å². The van der Waals surface area contributed by atoms with Gasteiger partial charge in [-0.25, -0.2) is 4.98 Å². The third-order valence-corrected chi connectivity index (χ3v) is 2.92. The topological polar surface area (TPSA) is 29.0 Å². The number of hydrogen-bond donors (Lipinski definition) is 0. The Morgan fingerprint density at radius 1 is 1.12 bits per heavy atom. The van der Waals surface area contributed by atoms with E-state index in [4.69, 9.17) is 0 Å². The lowest BCUT2D eigenvalue weighted by molar-refractivity contribution is 0.724. The van der Waals surface area contributed by atoms with Crippen LogP contribution in [0.15, 0.2) is 30.5 Å². The van der Waals surface area contributed by atoms with Gasteiger partial charge in [0.25, 0.3) is 0 Å². The average molecular weight is 229 g/mol. The number of rotatable bonds is 5. The highest BCUT2D eigenvalue weighted by Crippen LogP contribution is 2.15. The quantitative estimate of drug-likeness (QED) is 0.788. The predicted octanol–water partition coefficient (Wildman–Crippen LogP) is 3.26. The Morgan fingerprint density at radius 3 is 2.59 bits per heavy atom. The highest BCUT2D eigenvalue weighted by molar-refractivity contribution is 5.75. The van der Waals surface area contributed by atoms with Gasteiger partial charge in [-0.3, -0.25) is 4.98 Å². The number of nitrogens with zero attached hydrogens (tertiary/aromatic N) is 3. The maximum atomic E-state index is 4.66. The first kappa shape index (κ1) is 11.8. The molecule has 17 heavy (non-hydrogen) atoms. The van der Waals surface area contributed by atoms with E-state index in [2.05, 4.69) is 28.7 Å². The van der Waals surface area contributed by atoms with Gasteiger partial charge in [0.05, 0.1) is 17.2 Å². The van der Waals surface area contributed by atoms with Gasteiger partial charge in [-0.2, -0.15) is 0 Å². The molecule has 3 heteroatoms. The van der Waals surface area contributed by atoms with Crippen LogP contribution in [0.3, 0.4) is 0 Å². The first-order chi connectivity index (χ1) is 8.35. The minimum absolute atomic E-state index is 0.961. The van der Waals surface area contributed by atoms with Crippen LogP contribution in [0.5, 0.6) is 0 Å². The summed E-state index contributed by atoms with van der Waals surface area (Å²) in [5.41, 5.74) is 1.93. The lowest BCUT2D eigenvalue weighted by Crippen LogP contribution is -2.24. The molecule has 3 nitrogen and oxygen atoms in total. The Labute approximate surface area is 103 Å². The number of benzene rings is 1. The Bertz CT molecular complexity index is 482. The molecule has 1 aromatic heterocycles. The van der Waals surface area contributed by atoms with Crippen LogP contribution in [0.25, 0.3) is 11.0 Å². The van der Waals surface area contributed by atoms with Crippen LogP contribution >= 0.6 is 0 Å². The third kappa shape index (κ3) is 2.73. The van der Waals surface area contributed by atoms with Crippen LogP contribution in [0.4, 0.5) is 5.82 Å². The van der Waals surface area contributed by atoms with Crippen molar-refractivity contribution in [3.63, 3.8) is 0 Å². The maximum Gasteiger partial charge on any atom is 0.147 e. The molecule has 0 radical (unpaired) electrons. The van der Waals surface area contributed by atoms with E-state index < -0.39 is 0 Å². The molecular weight excluding hydrogens is 210 g/mol. The number of fused-ring (bicyclic) bond motifs is 1. The van der Waals surface area contributed by atoms with Gasteiger partial charge in [0.2, 0.25) is 0 Å².